The number of hydrogen-bond donors (Lipinski definition) is 1. The van der Waals surface area contributed by atoms with Gasteiger partial charge in [0, 0.05) is 25.4 Å². The van der Waals surface area contributed by atoms with Gasteiger partial charge in [-0.2, -0.15) is 5.10 Å². The smallest absolute Gasteiger partial charge is 0.289 e. The zero-order valence-corrected chi connectivity index (χ0v) is 11.9. The van der Waals surface area contributed by atoms with Crippen molar-refractivity contribution in [2.45, 2.75) is 57.5 Å². The molecule has 0 unspecified atom stereocenters. The first-order chi connectivity index (χ1) is 9.91. The largest absolute Gasteiger partial charge is 0.347 e. The maximum Gasteiger partial charge on any atom is 0.289 e. The maximum atomic E-state index is 13.1. The summed E-state index contributed by atoms with van der Waals surface area (Å²) in [5.41, 5.74) is 0. The molecule has 2 rings (SSSR count). The molecular weight excluding hydrogens is 285 g/mol. The van der Waals surface area contributed by atoms with E-state index in [1.54, 1.807) is 6.92 Å². The standard InChI is InChI=1S/C13H19F3N4O/c1-9-17-11(20(19-9)8-2-7-14)12(21)18-10-3-5-13(15,16)6-4-10/h10H,2-8H2,1H3,(H,18,21). The number of carbonyl (C=O) groups excluding carboxylic acids is 1. The number of amides is 1. The first-order valence-electron chi connectivity index (χ1n) is 7.07. The lowest BCUT2D eigenvalue weighted by atomic mass is 9.92. The van der Waals surface area contributed by atoms with Crippen LogP contribution >= 0.6 is 0 Å². The summed E-state index contributed by atoms with van der Waals surface area (Å²) in [4.78, 5) is 16.2. The predicted octanol–water partition coefficient (Wildman–Crippen LogP) is 2.25. The monoisotopic (exact) mass is 304 g/mol. The molecule has 0 radical (unpaired) electrons. The van der Waals surface area contributed by atoms with E-state index in [0.29, 0.717) is 5.82 Å². The van der Waals surface area contributed by atoms with Crippen LogP contribution in [0.1, 0.15) is 48.5 Å². The Morgan fingerprint density at radius 1 is 1.43 bits per heavy atom. The minimum atomic E-state index is -2.63. The zero-order chi connectivity index (χ0) is 15.5. The molecule has 0 aliphatic heterocycles. The average Bonchev–Trinajstić information content (AvgIpc) is 2.80. The summed E-state index contributed by atoms with van der Waals surface area (Å²) < 4.78 is 39.7. The molecule has 8 heteroatoms. The fraction of sp³-hybridized carbons (Fsp3) is 0.769. The van der Waals surface area contributed by atoms with Crippen LogP contribution in [0, 0.1) is 6.92 Å². The van der Waals surface area contributed by atoms with Gasteiger partial charge in [0.2, 0.25) is 11.7 Å². The molecule has 1 amide bonds. The molecule has 1 aromatic rings. The second kappa shape index (κ2) is 6.44. The number of aromatic nitrogens is 3. The molecule has 0 spiro atoms. The highest BCUT2D eigenvalue weighted by atomic mass is 19.3. The van der Waals surface area contributed by atoms with Crippen molar-refractivity contribution < 1.29 is 18.0 Å². The van der Waals surface area contributed by atoms with E-state index in [4.69, 9.17) is 0 Å². The number of carbonyl (C=O) groups is 1. The quantitative estimate of drug-likeness (QED) is 0.907. The molecule has 1 aliphatic carbocycles. The Morgan fingerprint density at radius 3 is 2.71 bits per heavy atom. The van der Waals surface area contributed by atoms with E-state index in [2.05, 4.69) is 15.4 Å². The Hall–Kier alpha value is -1.60. The van der Waals surface area contributed by atoms with Crippen LogP contribution in [-0.2, 0) is 6.54 Å². The van der Waals surface area contributed by atoms with Crippen molar-refractivity contribution in [2.75, 3.05) is 6.67 Å². The SMILES string of the molecule is Cc1nc(C(=O)NC2CCC(F)(F)CC2)n(CCCF)n1. The van der Waals surface area contributed by atoms with Crippen LogP contribution in [0.5, 0.6) is 0 Å². The van der Waals surface area contributed by atoms with Gasteiger partial charge in [0.1, 0.15) is 5.82 Å². The van der Waals surface area contributed by atoms with Crippen molar-refractivity contribution in [3.63, 3.8) is 0 Å². The molecule has 1 fully saturated rings. The van der Waals surface area contributed by atoms with Gasteiger partial charge in [-0.1, -0.05) is 0 Å². The molecule has 0 saturated heterocycles. The Morgan fingerprint density at radius 2 is 2.10 bits per heavy atom. The molecule has 0 atom stereocenters. The molecule has 21 heavy (non-hydrogen) atoms. The van der Waals surface area contributed by atoms with E-state index in [0.717, 1.165) is 0 Å². The van der Waals surface area contributed by atoms with E-state index in [1.807, 2.05) is 0 Å². The van der Waals surface area contributed by atoms with Crippen LogP contribution in [-0.4, -0.2) is 39.3 Å². The topological polar surface area (TPSA) is 59.8 Å². The third-order valence-electron chi connectivity index (χ3n) is 3.54. The van der Waals surface area contributed by atoms with Gasteiger partial charge in [-0.15, -0.1) is 0 Å². The first-order valence-corrected chi connectivity index (χ1v) is 7.07. The van der Waals surface area contributed by atoms with Gasteiger partial charge in [0.15, 0.2) is 0 Å². The first kappa shape index (κ1) is 15.8. The van der Waals surface area contributed by atoms with Crippen LogP contribution in [0.25, 0.3) is 0 Å². The van der Waals surface area contributed by atoms with Gasteiger partial charge in [-0.3, -0.25) is 9.18 Å². The number of hydrogen-bond acceptors (Lipinski definition) is 3. The van der Waals surface area contributed by atoms with Gasteiger partial charge in [-0.25, -0.2) is 18.4 Å². The number of aryl methyl sites for hydroxylation is 2. The van der Waals surface area contributed by atoms with Gasteiger partial charge in [0.25, 0.3) is 5.91 Å². The van der Waals surface area contributed by atoms with E-state index in [9.17, 15) is 18.0 Å². The Labute approximate surface area is 120 Å². The average molecular weight is 304 g/mol. The number of halogens is 3. The van der Waals surface area contributed by atoms with E-state index >= 15 is 0 Å². The molecule has 118 valence electrons. The summed E-state index contributed by atoms with van der Waals surface area (Å²) in [6.07, 6.45) is 0.308. The van der Waals surface area contributed by atoms with E-state index in [-0.39, 0.29) is 50.5 Å². The van der Waals surface area contributed by atoms with Crippen molar-refractivity contribution in [3.05, 3.63) is 11.6 Å². The van der Waals surface area contributed by atoms with E-state index in [1.165, 1.54) is 4.68 Å². The van der Waals surface area contributed by atoms with Crippen molar-refractivity contribution in [1.82, 2.24) is 20.1 Å². The third-order valence-corrected chi connectivity index (χ3v) is 3.54. The normalized spacial score (nSPS) is 18.7. The molecular formula is C13H19F3N4O. The van der Waals surface area contributed by atoms with Gasteiger partial charge in [-0.05, 0) is 26.2 Å². The lowest BCUT2D eigenvalue weighted by molar-refractivity contribution is -0.0399. The van der Waals surface area contributed by atoms with Crippen LogP contribution in [0.4, 0.5) is 13.2 Å². The highest BCUT2D eigenvalue weighted by Gasteiger charge is 2.35. The van der Waals surface area contributed by atoms with Crippen molar-refractivity contribution in [2.24, 2.45) is 0 Å². The number of nitrogens with one attached hydrogen (secondary N) is 1. The number of nitrogens with zero attached hydrogens (tertiary/aromatic N) is 3. The van der Waals surface area contributed by atoms with Crippen LogP contribution in [0.3, 0.4) is 0 Å². The Balaban J connectivity index is 1.97. The Kier molecular flexibility index (Phi) is 4.84. The van der Waals surface area contributed by atoms with Gasteiger partial charge < -0.3 is 5.32 Å². The second-order valence-electron chi connectivity index (χ2n) is 5.35. The van der Waals surface area contributed by atoms with Crippen molar-refractivity contribution >= 4 is 5.91 Å². The summed E-state index contributed by atoms with van der Waals surface area (Å²) in [6, 6.07) is -0.274. The summed E-state index contributed by atoms with van der Waals surface area (Å²) >= 11 is 0. The highest BCUT2D eigenvalue weighted by molar-refractivity contribution is 5.90. The van der Waals surface area contributed by atoms with Crippen LogP contribution < -0.4 is 5.32 Å². The Bertz CT molecular complexity index is 494. The second-order valence-corrected chi connectivity index (χ2v) is 5.35. The molecule has 1 heterocycles. The van der Waals surface area contributed by atoms with Crippen molar-refractivity contribution in [3.8, 4) is 0 Å². The molecule has 5 nitrogen and oxygen atoms in total. The molecule has 1 aliphatic rings. The fourth-order valence-electron chi connectivity index (χ4n) is 2.42. The van der Waals surface area contributed by atoms with Crippen LogP contribution in [0.15, 0.2) is 0 Å². The minimum absolute atomic E-state index is 0.110. The highest BCUT2D eigenvalue weighted by Crippen LogP contribution is 2.33. The lowest BCUT2D eigenvalue weighted by Gasteiger charge is -2.28. The van der Waals surface area contributed by atoms with E-state index < -0.39 is 18.5 Å². The third kappa shape index (κ3) is 4.18. The lowest BCUT2D eigenvalue weighted by Crippen LogP contribution is -2.41. The van der Waals surface area contributed by atoms with Crippen molar-refractivity contribution in [1.29, 1.82) is 0 Å². The summed E-state index contributed by atoms with van der Waals surface area (Å²) in [7, 11) is 0. The summed E-state index contributed by atoms with van der Waals surface area (Å²) in [5.74, 6) is -2.53. The maximum absolute atomic E-state index is 13.1. The van der Waals surface area contributed by atoms with Crippen LogP contribution in [0.2, 0.25) is 0 Å². The number of rotatable bonds is 5. The molecule has 1 N–H and O–H groups in total. The summed E-state index contributed by atoms with van der Waals surface area (Å²) in [5, 5.41) is 6.76. The molecule has 1 saturated carbocycles. The summed E-state index contributed by atoms with van der Waals surface area (Å²) in [6.45, 7) is 1.41. The molecule has 1 aromatic heterocycles. The fourth-order valence-corrected chi connectivity index (χ4v) is 2.42. The van der Waals surface area contributed by atoms with Gasteiger partial charge >= 0.3 is 0 Å². The van der Waals surface area contributed by atoms with Gasteiger partial charge in [0.05, 0.1) is 6.67 Å². The minimum Gasteiger partial charge on any atom is -0.347 e. The predicted molar refractivity (Wildman–Crippen MR) is 70.0 cm³/mol. The zero-order valence-electron chi connectivity index (χ0n) is 11.9. The molecule has 0 bridgehead atoms. The molecule has 0 aromatic carbocycles. The number of alkyl halides is 3.